The van der Waals surface area contributed by atoms with Gasteiger partial charge in [-0.05, 0) is 49.6 Å². The van der Waals surface area contributed by atoms with Crippen LogP contribution in [0.25, 0.3) is 0 Å². The molecule has 0 bridgehead atoms. The molecule has 2 aromatic rings. The second-order valence-electron chi connectivity index (χ2n) is 6.26. The fourth-order valence-corrected chi connectivity index (χ4v) is 3.07. The first-order valence-corrected chi connectivity index (χ1v) is 9.54. The van der Waals surface area contributed by atoms with Crippen molar-refractivity contribution >= 4 is 27.7 Å². The minimum absolute atomic E-state index is 0.215. The van der Waals surface area contributed by atoms with Crippen molar-refractivity contribution in [2.24, 2.45) is 0 Å². The van der Waals surface area contributed by atoms with E-state index in [1.807, 2.05) is 37.3 Å². The molecule has 0 atom stereocenters. The summed E-state index contributed by atoms with van der Waals surface area (Å²) >= 11 is 3.39. The molecule has 0 aromatic heterocycles. The average molecular weight is 433 g/mol. The lowest BCUT2D eigenvalue weighted by molar-refractivity contribution is -0.131. The molecule has 0 spiro atoms. The Bertz CT molecular complexity index is 819. The van der Waals surface area contributed by atoms with E-state index in [1.165, 1.54) is 0 Å². The van der Waals surface area contributed by atoms with Gasteiger partial charge >= 0.3 is 0 Å². The van der Waals surface area contributed by atoms with Gasteiger partial charge in [0.2, 0.25) is 5.91 Å². The van der Waals surface area contributed by atoms with Crippen LogP contribution >= 0.6 is 15.9 Å². The SMILES string of the molecule is CCOc1ccccc1OCC(=O)NNC(=O)C1(c2ccc(Br)cc2)CC1. The van der Waals surface area contributed by atoms with Gasteiger partial charge in [-0.1, -0.05) is 40.2 Å². The first kappa shape index (κ1) is 19.2. The van der Waals surface area contributed by atoms with E-state index in [2.05, 4.69) is 26.8 Å². The third-order valence-corrected chi connectivity index (χ3v) is 4.93. The Balaban J connectivity index is 1.51. The Labute approximate surface area is 166 Å². The molecule has 1 saturated carbocycles. The maximum absolute atomic E-state index is 12.5. The van der Waals surface area contributed by atoms with Gasteiger partial charge in [0.1, 0.15) is 0 Å². The van der Waals surface area contributed by atoms with Crippen LogP contribution in [0.1, 0.15) is 25.3 Å². The van der Waals surface area contributed by atoms with Crippen LogP contribution in [0.5, 0.6) is 11.5 Å². The number of rotatable bonds is 7. The lowest BCUT2D eigenvalue weighted by atomic mass is 9.95. The maximum atomic E-state index is 12.5. The van der Waals surface area contributed by atoms with Gasteiger partial charge < -0.3 is 9.47 Å². The van der Waals surface area contributed by atoms with Crippen molar-refractivity contribution in [1.82, 2.24) is 10.9 Å². The number of hydrogen-bond donors (Lipinski definition) is 2. The first-order chi connectivity index (χ1) is 13.0. The normalized spacial score (nSPS) is 14.1. The summed E-state index contributed by atoms with van der Waals surface area (Å²) in [4.78, 5) is 24.6. The number of hydrogen-bond acceptors (Lipinski definition) is 4. The number of amides is 2. The van der Waals surface area contributed by atoms with E-state index in [-0.39, 0.29) is 12.5 Å². The van der Waals surface area contributed by atoms with Crippen molar-refractivity contribution in [1.29, 1.82) is 0 Å². The second-order valence-corrected chi connectivity index (χ2v) is 7.18. The summed E-state index contributed by atoms with van der Waals surface area (Å²) < 4.78 is 11.9. The van der Waals surface area contributed by atoms with Crippen LogP contribution in [0, 0.1) is 0 Å². The van der Waals surface area contributed by atoms with Gasteiger partial charge in [-0.2, -0.15) is 0 Å². The van der Waals surface area contributed by atoms with Crippen molar-refractivity contribution in [2.45, 2.75) is 25.2 Å². The van der Waals surface area contributed by atoms with Gasteiger partial charge in [-0.25, -0.2) is 0 Å². The molecule has 0 saturated heterocycles. The van der Waals surface area contributed by atoms with Gasteiger partial charge in [-0.3, -0.25) is 20.4 Å². The molecule has 6 nitrogen and oxygen atoms in total. The predicted molar refractivity (Wildman–Crippen MR) is 104 cm³/mol. The number of hydrazine groups is 1. The molecule has 0 heterocycles. The molecule has 0 radical (unpaired) electrons. The number of carbonyl (C=O) groups excluding carboxylic acids is 2. The monoisotopic (exact) mass is 432 g/mol. The quantitative estimate of drug-likeness (QED) is 0.658. The van der Waals surface area contributed by atoms with Crippen LogP contribution in [0.2, 0.25) is 0 Å². The van der Waals surface area contributed by atoms with E-state index in [0.717, 1.165) is 22.9 Å². The van der Waals surface area contributed by atoms with E-state index in [0.29, 0.717) is 18.1 Å². The van der Waals surface area contributed by atoms with E-state index >= 15 is 0 Å². The minimum Gasteiger partial charge on any atom is -0.490 e. The summed E-state index contributed by atoms with van der Waals surface area (Å²) in [6.07, 6.45) is 1.52. The number of ether oxygens (including phenoxy) is 2. The summed E-state index contributed by atoms with van der Waals surface area (Å²) in [7, 11) is 0. The highest BCUT2D eigenvalue weighted by atomic mass is 79.9. The van der Waals surface area contributed by atoms with E-state index < -0.39 is 11.3 Å². The van der Waals surface area contributed by atoms with Gasteiger partial charge in [0.05, 0.1) is 12.0 Å². The fraction of sp³-hybridized carbons (Fsp3) is 0.300. The smallest absolute Gasteiger partial charge is 0.276 e. The molecule has 0 unspecified atom stereocenters. The van der Waals surface area contributed by atoms with Crippen LogP contribution in [0.3, 0.4) is 0 Å². The minimum atomic E-state index is -0.559. The second kappa shape index (κ2) is 8.43. The molecule has 2 aromatic carbocycles. The number of nitrogens with one attached hydrogen (secondary N) is 2. The highest BCUT2D eigenvalue weighted by Crippen LogP contribution is 2.48. The molecule has 1 aliphatic rings. The summed E-state index contributed by atoms with van der Waals surface area (Å²) in [6.45, 7) is 2.15. The van der Waals surface area contributed by atoms with Crippen LogP contribution in [-0.4, -0.2) is 25.0 Å². The van der Waals surface area contributed by atoms with Crippen molar-refractivity contribution in [2.75, 3.05) is 13.2 Å². The highest BCUT2D eigenvalue weighted by molar-refractivity contribution is 9.10. The Morgan fingerprint density at radius 1 is 1.00 bits per heavy atom. The van der Waals surface area contributed by atoms with Gasteiger partial charge in [0.25, 0.3) is 5.91 Å². The molecule has 3 rings (SSSR count). The molecular weight excluding hydrogens is 412 g/mol. The molecule has 2 amide bonds. The largest absolute Gasteiger partial charge is 0.490 e. The van der Waals surface area contributed by atoms with Crippen molar-refractivity contribution in [3.8, 4) is 11.5 Å². The lowest BCUT2D eigenvalue weighted by Crippen LogP contribution is -2.48. The Morgan fingerprint density at radius 3 is 2.22 bits per heavy atom. The van der Waals surface area contributed by atoms with Crippen molar-refractivity contribution in [3.63, 3.8) is 0 Å². The first-order valence-electron chi connectivity index (χ1n) is 8.75. The van der Waals surface area contributed by atoms with Crippen LogP contribution < -0.4 is 20.3 Å². The zero-order chi connectivity index (χ0) is 19.3. The molecule has 142 valence electrons. The fourth-order valence-electron chi connectivity index (χ4n) is 2.81. The number of carbonyl (C=O) groups is 2. The molecule has 1 fully saturated rings. The number of para-hydroxylation sites is 2. The van der Waals surface area contributed by atoms with Crippen LogP contribution in [-0.2, 0) is 15.0 Å². The highest BCUT2D eigenvalue weighted by Gasteiger charge is 2.51. The van der Waals surface area contributed by atoms with E-state index in [4.69, 9.17) is 9.47 Å². The van der Waals surface area contributed by atoms with E-state index in [9.17, 15) is 9.59 Å². The molecule has 27 heavy (non-hydrogen) atoms. The zero-order valence-corrected chi connectivity index (χ0v) is 16.5. The third kappa shape index (κ3) is 4.60. The summed E-state index contributed by atoms with van der Waals surface area (Å²) in [6, 6.07) is 14.8. The molecular formula is C20H21BrN2O4. The Hall–Kier alpha value is -2.54. The van der Waals surface area contributed by atoms with Crippen molar-refractivity contribution < 1.29 is 19.1 Å². The Morgan fingerprint density at radius 2 is 1.63 bits per heavy atom. The molecule has 7 heteroatoms. The van der Waals surface area contributed by atoms with Gasteiger partial charge in [0.15, 0.2) is 18.1 Å². The van der Waals surface area contributed by atoms with Crippen LogP contribution in [0.4, 0.5) is 0 Å². The summed E-state index contributed by atoms with van der Waals surface area (Å²) in [5, 5.41) is 0. The number of benzene rings is 2. The summed E-state index contributed by atoms with van der Waals surface area (Å²) in [5.74, 6) is 0.396. The average Bonchev–Trinajstić information content (AvgIpc) is 3.48. The molecule has 1 aliphatic carbocycles. The van der Waals surface area contributed by atoms with Gasteiger partial charge in [0, 0.05) is 4.47 Å². The zero-order valence-electron chi connectivity index (χ0n) is 15.0. The summed E-state index contributed by atoms with van der Waals surface area (Å²) in [5.41, 5.74) is 5.32. The standard InChI is InChI=1S/C20H21BrN2O4/c1-2-26-16-5-3-4-6-17(16)27-13-18(24)22-23-19(25)20(11-12-20)14-7-9-15(21)10-8-14/h3-10H,2,11-13H2,1H3,(H,22,24)(H,23,25). The lowest BCUT2D eigenvalue weighted by Gasteiger charge is -2.17. The van der Waals surface area contributed by atoms with E-state index in [1.54, 1.807) is 18.2 Å². The Kier molecular flexibility index (Phi) is 6.01. The van der Waals surface area contributed by atoms with Crippen LogP contribution in [0.15, 0.2) is 53.0 Å². The molecule has 2 N–H and O–H groups in total. The topological polar surface area (TPSA) is 76.7 Å². The number of halogens is 1. The van der Waals surface area contributed by atoms with Gasteiger partial charge in [-0.15, -0.1) is 0 Å². The van der Waals surface area contributed by atoms with Crippen molar-refractivity contribution in [3.05, 3.63) is 58.6 Å². The maximum Gasteiger partial charge on any atom is 0.276 e. The predicted octanol–water partition coefficient (Wildman–Crippen LogP) is 3.11. The third-order valence-electron chi connectivity index (χ3n) is 4.40. The molecule has 0 aliphatic heterocycles.